The van der Waals surface area contributed by atoms with Crippen LogP contribution in [0.5, 0.6) is 0 Å². The lowest BCUT2D eigenvalue weighted by Crippen LogP contribution is -2.17. The maximum Gasteiger partial charge on any atom is 0.272 e. The Morgan fingerprint density at radius 3 is 2.50 bits per heavy atom. The summed E-state index contributed by atoms with van der Waals surface area (Å²) in [5.41, 5.74) is 3.99. The van der Waals surface area contributed by atoms with Crippen molar-refractivity contribution in [2.24, 2.45) is 5.92 Å². The summed E-state index contributed by atoms with van der Waals surface area (Å²) in [5, 5.41) is 3.93. The number of fused-ring (bicyclic) bond motifs is 3. The highest BCUT2D eigenvalue weighted by molar-refractivity contribution is 6.13. The van der Waals surface area contributed by atoms with Crippen LogP contribution in [0, 0.1) is 11.7 Å². The molecule has 1 amide bonds. The molecule has 0 radical (unpaired) electrons. The molecule has 158 valence electrons. The molecule has 3 aromatic heterocycles. The first-order valence-corrected chi connectivity index (χ1v) is 10.7. The first kappa shape index (κ1) is 18.7. The van der Waals surface area contributed by atoms with Crippen LogP contribution >= 0.6 is 0 Å². The highest BCUT2D eigenvalue weighted by atomic mass is 19.1. The molecule has 0 aliphatic heterocycles. The van der Waals surface area contributed by atoms with Gasteiger partial charge in [0.25, 0.3) is 5.91 Å². The summed E-state index contributed by atoms with van der Waals surface area (Å²) in [5.74, 6) is 0.445. The third kappa shape index (κ3) is 3.13. The van der Waals surface area contributed by atoms with Gasteiger partial charge in [-0.2, -0.15) is 0 Å². The molecule has 0 saturated heterocycles. The first-order valence-electron chi connectivity index (χ1n) is 10.7. The van der Waals surface area contributed by atoms with Gasteiger partial charge < -0.3 is 9.88 Å². The van der Waals surface area contributed by atoms with Crippen LogP contribution in [0.25, 0.3) is 27.9 Å². The van der Waals surface area contributed by atoms with Crippen molar-refractivity contribution in [2.75, 3.05) is 5.32 Å². The maximum absolute atomic E-state index is 13.4. The van der Waals surface area contributed by atoms with E-state index in [4.69, 9.17) is 0 Å². The SMILES string of the molecule is O=C(Nc1ccc(F)cc1)c1cc2c(c3ccccc3n2CC2CC2)n1-c1ncccn1. The third-order valence-corrected chi connectivity index (χ3v) is 5.95. The lowest BCUT2D eigenvalue weighted by molar-refractivity contribution is 0.102. The number of nitrogens with one attached hydrogen (secondary N) is 1. The van der Waals surface area contributed by atoms with Crippen LogP contribution in [0.4, 0.5) is 10.1 Å². The maximum atomic E-state index is 13.4. The average molecular weight is 425 g/mol. The van der Waals surface area contributed by atoms with Gasteiger partial charge in [0, 0.05) is 30.0 Å². The predicted molar refractivity (Wildman–Crippen MR) is 121 cm³/mol. The minimum Gasteiger partial charge on any atom is -0.339 e. The number of halogens is 1. The van der Waals surface area contributed by atoms with Gasteiger partial charge in [-0.3, -0.25) is 9.36 Å². The molecule has 6 nitrogen and oxygen atoms in total. The Kier molecular flexibility index (Phi) is 4.28. The van der Waals surface area contributed by atoms with Crippen LogP contribution in [0.15, 0.2) is 73.1 Å². The Bertz CT molecular complexity index is 1450. The van der Waals surface area contributed by atoms with Crippen LogP contribution in [0.3, 0.4) is 0 Å². The second kappa shape index (κ2) is 7.30. The summed E-state index contributed by atoms with van der Waals surface area (Å²) >= 11 is 0. The van der Waals surface area contributed by atoms with E-state index in [2.05, 4.69) is 32.0 Å². The second-order valence-corrected chi connectivity index (χ2v) is 8.18. The molecule has 1 saturated carbocycles. The molecule has 0 spiro atoms. The lowest BCUT2D eigenvalue weighted by atomic mass is 10.2. The molecule has 32 heavy (non-hydrogen) atoms. The number of para-hydroxylation sites is 1. The number of anilines is 1. The van der Waals surface area contributed by atoms with E-state index in [1.807, 2.05) is 22.8 Å². The van der Waals surface area contributed by atoms with E-state index < -0.39 is 0 Å². The molecule has 0 bridgehead atoms. The standard InChI is InChI=1S/C25H20FN5O/c26-17-8-10-18(11-9-17)29-24(32)22-14-21-23(31(22)25-27-12-3-13-28-25)19-4-1-2-5-20(19)30(21)15-16-6-7-16/h1-5,8-14,16H,6-7,15H2,(H,29,32). The number of nitrogens with zero attached hydrogens (tertiary/aromatic N) is 4. The fourth-order valence-electron chi connectivity index (χ4n) is 4.27. The molecular formula is C25H20FN5O. The summed E-state index contributed by atoms with van der Waals surface area (Å²) < 4.78 is 17.4. The molecule has 1 aliphatic rings. The van der Waals surface area contributed by atoms with Gasteiger partial charge in [-0.25, -0.2) is 14.4 Å². The van der Waals surface area contributed by atoms with E-state index in [1.54, 1.807) is 30.6 Å². The molecule has 6 rings (SSSR count). The summed E-state index contributed by atoms with van der Waals surface area (Å²) in [6.07, 6.45) is 5.79. The van der Waals surface area contributed by atoms with Gasteiger partial charge in [0.05, 0.1) is 16.6 Å². The van der Waals surface area contributed by atoms with Crippen molar-refractivity contribution in [2.45, 2.75) is 19.4 Å². The molecule has 3 heterocycles. The van der Waals surface area contributed by atoms with E-state index in [0.29, 0.717) is 23.2 Å². The number of carbonyl (C=O) groups is 1. The minimum atomic E-state index is -0.352. The molecule has 5 aromatic rings. The quantitative estimate of drug-likeness (QED) is 0.422. The number of aromatic nitrogens is 4. The van der Waals surface area contributed by atoms with E-state index in [1.165, 1.54) is 25.0 Å². The average Bonchev–Trinajstić information content (AvgIpc) is 3.48. The molecular weight excluding hydrogens is 405 g/mol. The molecule has 1 N–H and O–H groups in total. The topological polar surface area (TPSA) is 64.7 Å². The fourth-order valence-corrected chi connectivity index (χ4v) is 4.27. The van der Waals surface area contributed by atoms with Gasteiger partial charge in [0.2, 0.25) is 5.95 Å². The van der Waals surface area contributed by atoms with Crippen molar-refractivity contribution in [3.63, 3.8) is 0 Å². The monoisotopic (exact) mass is 425 g/mol. The molecule has 1 fully saturated rings. The molecule has 1 aliphatic carbocycles. The Balaban J connectivity index is 1.57. The van der Waals surface area contributed by atoms with Gasteiger partial charge in [0.1, 0.15) is 11.5 Å². The number of carbonyl (C=O) groups excluding carboxylic acids is 1. The lowest BCUT2D eigenvalue weighted by Gasteiger charge is -2.10. The van der Waals surface area contributed by atoms with Gasteiger partial charge in [0.15, 0.2) is 0 Å². The normalized spacial score (nSPS) is 13.7. The van der Waals surface area contributed by atoms with Gasteiger partial charge in [-0.1, -0.05) is 18.2 Å². The zero-order valence-electron chi connectivity index (χ0n) is 17.2. The van der Waals surface area contributed by atoms with Crippen LogP contribution in [-0.2, 0) is 6.54 Å². The third-order valence-electron chi connectivity index (χ3n) is 5.95. The van der Waals surface area contributed by atoms with Gasteiger partial charge >= 0.3 is 0 Å². The van der Waals surface area contributed by atoms with Crippen molar-refractivity contribution in [1.29, 1.82) is 0 Å². The molecule has 7 heteroatoms. The summed E-state index contributed by atoms with van der Waals surface area (Å²) in [7, 11) is 0. The van der Waals surface area contributed by atoms with Crippen molar-refractivity contribution in [1.82, 2.24) is 19.1 Å². The van der Waals surface area contributed by atoms with Crippen LogP contribution in [-0.4, -0.2) is 25.0 Å². The molecule has 0 atom stereocenters. The molecule has 2 aromatic carbocycles. The van der Waals surface area contributed by atoms with Gasteiger partial charge in [-0.05, 0) is 61.2 Å². The van der Waals surface area contributed by atoms with E-state index in [0.717, 1.165) is 28.5 Å². The predicted octanol–water partition coefficient (Wildman–Crippen LogP) is 5.18. The minimum absolute atomic E-state index is 0.303. The second-order valence-electron chi connectivity index (χ2n) is 8.18. The zero-order chi connectivity index (χ0) is 21.7. The zero-order valence-corrected chi connectivity index (χ0v) is 17.2. The van der Waals surface area contributed by atoms with Crippen molar-refractivity contribution in [3.8, 4) is 5.95 Å². The van der Waals surface area contributed by atoms with Gasteiger partial charge in [-0.15, -0.1) is 0 Å². The smallest absolute Gasteiger partial charge is 0.272 e. The van der Waals surface area contributed by atoms with E-state index in [-0.39, 0.29) is 11.7 Å². The van der Waals surface area contributed by atoms with E-state index in [9.17, 15) is 9.18 Å². The highest BCUT2D eigenvalue weighted by Gasteiger charge is 2.27. The fraction of sp³-hybridized carbons (Fsp3) is 0.160. The Labute approximate surface area is 183 Å². The van der Waals surface area contributed by atoms with Crippen molar-refractivity contribution >= 4 is 33.5 Å². The van der Waals surface area contributed by atoms with Crippen molar-refractivity contribution in [3.05, 3.63) is 84.6 Å². The van der Waals surface area contributed by atoms with Crippen LogP contribution < -0.4 is 5.32 Å². The number of benzene rings is 2. The van der Waals surface area contributed by atoms with Crippen LogP contribution in [0.2, 0.25) is 0 Å². The van der Waals surface area contributed by atoms with E-state index >= 15 is 0 Å². The Morgan fingerprint density at radius 1 is 1.00 bits per heavy atom. The number of rotatable bonds is 5. The number of amides is 1. The Hall–Kier alpha value is -4.00. The first-order chi connectivity index (χ1) is 15.7. The summed E-state index contributed by atoms with van der Waals surface area (Å²) in [6.45, 7) is 0.919. The largest absolute Gasteiger partial charge is 0.339 e. The van der Waals surface area contributed by atoms with Crippen molar-refractivity contribution < 1.29 is 9.18 Å². The summed E-state index contributed by atoms with van der Waals surface area (Å²) in [4.78, 5) is 22.2. The molecule has 0 unspecified atom stereocenters. The summed E-state index contributed by atoms with van der Waals surface area (Å²) in [6, 6.07) is 17.6. The van der Waals surface area contributed by atoms with Crippen LogP contribution in [0.1, 0.15) is 23.3 Å². The number of hydrogen-bond acceptors (Lipinski definition) is 3. The number of hydrogen-bond donors (Lipinski definition) is 1. The highest BCUT2D eigenvalue weighted by Crippen LogP contribution is 2.38. The Morgan fingerprint density at radius 2 is 1.75 bits per heavy atom.